The van der Waals surface area contributed by atoms with Crippen LogP contribution in [-0.4, -0.2) is 57.7 Å². The maximum Gasteiger partial charge on any atom is 0.264 e. The number of nitrogens with zero attached hydrogens (tertiary/aromatic N) is 1. The van der Waals surface area contributed by atoms with Gasteiger partial charge in [0.05, 0.1) is 30.2 Å². The smallest absolute Gasteiger partial charge is 0.264 e. The van der Waals surface area contributed by atoms with E-state index in [0.29, 0.717) is 49.4 Å². The molecule has 6 rings (SSSR count). The molecule has 45 heavy (non-hydrogen) atoms. The third-order valence-corrected chi connectivity index (χ3v) is 12.6. The molecule has 11 heteroatoms. The number of benzene rings is 2. The fourth-order valence-corrected chi connectivity index (χ4v) is 8.86. The van der Waals surface area contributed by atoms with Gasteiger partial charge < -0.3 is 24.8 Å². The molecular weight excluding hydrogens is 614 g/mol. The number of carbonyl (C=O) groups is 1. The van der Waals surface area contributed by atoms with Crippen molar-refractivity contribution in [3.63, 3.8) is 0 Å². The summed E-state index contributed by atoms with van der Waals surface area (Å²) in [6.07, 6.45) is 6.93. The van der Waals surface area contributed by atoms with Crippen LogP contribution in [0.4, 0.5) is 5.69 Å². The Balaban J connectivity index is 1.39. The summed E-state index contributed by atoms with van der Waals surface area (Å²) in [4.78, 5) is 15.8. The summed E-state index contributed by atoms with van der Waals surface area (Å²) in [5.74, 6) is -0.369. The Bertz CT molecular complexity index is 1490. The predicted octanol–water partition coefficient (Wildman–Crippen LogP) is 5.43. The van der Waals surface area contributed by atoms with E-state index in [1.807, 2.05) is 25.1 Å². The van der Waals surface area contributed by atoms with Gasteiger partial charge in [0.15, 0.2) is 5.79 Å². The van der Waals surface area contributed by atoms with Crippen LogP contribution in [0.25, 0.3) is 0 Å². The molecule has 9 nitrogen and oxygen atoms in total. The van der Waals surface area contributed by atoms with Gasteiger partial charge in [-0.3, -0.25) is 4.79 Å². The molecule has 1 saturated heterocycles. The van der Waals surface area contributed by atoms with E-state index in [2.05, 4.69) is 9.62 Å². The molecule has 4 atom stereocenters. The number of nitrogens with one attached hydrogen (secondary N) is 1. The number of halogens is 1. The highest BCUT2D eigenvalue weighted by molar-refractivity contribution is 7.90. The molecule has 1 saturated carbocycles. The quantitative estimate of drug-likeness (QED) is 0.385. The molecule has 2 bridgehead atoms. The minimum Gasteiger partial charge on any atom is -0.487 e. The van der Waals surface area contributed by atoms with Gasteiger partial charge >= 0.3 is 0 Å². The third-order valence-electron chi connectivity index (χ3n) is 10.5. The first-order valence-corrected chi connectivity index (χ1v) is 18.4. The van der Waals surface area contributed by atoms with E-state index in [1.165, 1.54) is 5.56 Å². The number of sulfonamides is 1. The van der Waals surface area contributed by atoms with Crippen molar-refractivity contribution >= 4 is 33.2 Å². The minimum atomic E-state index is -3.92. The number of rotatable bonds is 0. The number of anilines is 1. The summed E-state index contributed by atoms with van der Waals surface area (Å²) in [6.45, 7) is 6.36. The fourth-order valence-electron chi connectivity index (χ4n) is 7.35. The standard InChI is InChI=1S/C34H46ClN3O6S/c1-22-6-5-14-34(43-20-29(36)21-44-34)30-12-9-26(30)18-38-15-4-3-7-24-16-28(35)11-8-27(24)19-42-32-13-10-25(17-31(32)38)33(39)37-45(40,41)23(22)2/h8,10-11,13,16-17,22-23,26,29-30H,3-7,9,12,14-15,18-21,36H2,1-2H3,(H,37,39)/t22-,23+,26-,29-,30+,34+/m0/s1. The number of hydrogen-bond donors (Lipinski definition) is 2. The molecule has 2 aromatic rings. The van der Waals surface area contributed by atoms with E-state index in [0.717, 1.165) is 62.9 Å². The van der Waals surface area contributed by atoms with Crippen molar-refractivity contribution < 1.29 is 27.4 Å². The van der Waals surface area contributed by atoms with E-state index < -0.39 is 27.0 Å². The van der Waals surface area contributed by atoms with Crippen LogP contribution in [0.1, 0.15) is 80.3 Å². The van der Waals surface area contributed by atoms with Gasteiger partial charge in [0.1, 0.15) is 12.4 Å². The summed E-state index contributed by atoms with van der Waals surface area (Å²) in [5, 5.41) is -0.0425. The lowest BCUT2D eigenvalue weighted by molar-refractivity contribution is -0.321. The predicted molar refractivity (Wildman–Crippen MR) is 175 cm³/mol. The van der Waals surface area contributed by atoms with Gasteiger partial charge in [-0.15, -0.1) is 0 Å². The van der Waals surface area contributed by atoms with Gasteiger partial charge in [0.25, 0.3) is 5.91 Å². The lowest BCUT2D eigenvalue weighted by Crippen LogP contribution is -2.59. The van der Waals surface area contributed by atoms with Crippen molar-refractivity contribution in [2.75, 3.05) is 31.2 Å². The zero-order valence-corrected chi connectivity index (χ0v) is 27.9. The normalized spacial score (nSPS) is 32.6. The van der Waals surface area contributed by atoms with Gasteiger partial charge in [-0.2, -0.15) is 0 Å². The zero-order valence-electron chi connectivity index (χ0n) is 26.3. The highest BCUT2D eigenvalue weighted by Gasteiger charge is 2.51. The molecule has 3 heterocycles. The second-order valence-corrected chi connectivity index (χ2v) is 16.0. The summed E-state index contributed by atoms with van der Waals surface area (Å²) < 4.78 is 48.5. The monoisotopic (exact) mass is 659 g/mol. The van der Waals surface area contributed by atoms with Crippen molar-refractivity contribution in [2.45, 2.75) is 88.9 Å². The van der Waals surface area contributed by atoms with Crippen LogP contribution in [0.3, 0.4) is 0 Å². The second-order valence-electron chi connectivity index (χ2n) is 13.5. The number of nitrogens with two attached hydrogens (primary N) is 1. The molecule has 0 unspecified atom stereocenters. The molecule has 1 amide bonds. The number of amides is 1. The third kappa shape index (κ3) is 7.00. The number of aryl methyl sites for hydroxylation is 1. The van der Waals surface area contributed by atoms with Crippen molar-refractivity contribution in [3.05, 3.63) is 58.1 Å². The minimum absolute atomic E-state index is 0.158. The molecular formula is C34H46ClN3O6S. The van der Waals surface area contributed by atoms with Crippen LogP contribution in [-0.2, 0) is 32.5 Å². The SMILES string of the molecule is C[C@@H]1[C@@H](C)CCC[C@]2(OC[C@H](N)CO2)[C@@H]2CC[C@H]2CN2CCCCc3cc(Cl)ccc3COc3ccc(cc32)C(=O)NS1(=O)=O. The van der Waals surface area contributed by atoms with Crippen LogP contribution >= 0.6 is 11.6 Å². The van der Waals surface area contributed by atoms with E-state index >= 15 is 0 Å². The molecule has 2 fully saturated rings. The Morgan fingerprint density at radius 3 is 2.56 bits per heavy atom. The summed E-state index contributed by atoms with van der Waals surface area (Å²) in [7, 11) is -3.92. The summed E-state index contributed by atoms with van der Waals surface area (Å²) >= 11 is 6.35. The Morgan fingerprint density at radius 2 is 1.80 bits per heavy atom. The Kier molecular flexibility index (Phi) is 9.69. The average molecular weight is 660 g/mol. The van der Waals surface area contributed by atoms with E-state index in [-0.39, 0.29) is 23.4 Å². The van der Waals surface area contributed by atoms with Crippen molar-refractivity contribution in [2.24, 2.45) is 23.5 Å². The van der Waals surface area contributed by atoms with Crippen LogP contribution in [0, 0.1) is 17.8 Å². The van der Waals surface area contributed by atoms with Gasteiger partial charge in [-0.1, -0.05) is 24.6 Å². The Morgan fingerprint density at radius 1 is 1.00 bits per heavy atom. The van der Waals surface area contributed by atoms with Gasteiger partial charge in [-0.05, 0) is 105 Å². The Labute approximate surface area is 272 Å². The topological polar surface area (TPSA) is 120 Å². The zero-order chi connectivity index (χ0) is 31.8. The second kappa shape index (κ2) is 13.4. The lowest BCUT2D eigenvalue weighted by Gasteiger charge is -2.53. The maximum absolute atomic E-state index is 13.4. The van der Waals surface area contributed by atoms with E-state index in [1.54, 1.807) is 25.1 Å². The molecule has 1 spiro atoms. The van der Waals surface area contributed by atoms with Crippen LogP contribution < -0.4 is 20.1 Å². The van der Waals surface area contributed by atoms with Gasteiger partial charge in [0, 0.05) is 36.0 Å². The maximum atomic E-state index is 13.4. The van der Waals surface area contributed by atoms with Crippen LogP contribution in [0.15, 0.2) is 36.4 Å². The number of hydrogen-bond acceptors (Lipinski definition) is 8. The lowest BCUT2D eigenvalue weighted by atomic mass is 9.67. The molecule has 3 N–H and O–H groups in total. The van der Waals surface area contributed by atoms with Crippen LogP contribution in [0.5, 0.6) is 5.75 Å². The molecule has 1 aliphatic carbocycles. The first-order chi connectivity index (χ1) is 21.5. The number of carbonyl (C=O) groups excluding carboxylic acids is 1. The molecule has 2 aromatic carbocycles. The van der Waals surface area contributed by atoms with E-state index in [4.69, 9.17) is 31.5 Å². The molecule has 246 valence electrons. The average Bonchev–Trinajstić information content (AvgIpc) is 3.02. The first-order valence-electron chi connectivity index (χ1n) is 16.4. The number of fused-ring (bicyclic) bond motifs is 4. The van der Waals surface area contributed by atoms with Crippen molar-refractivity contribution in [3.8, 4) is 5.75 Å². The van der Waals surface area contributed by atoms with Gasteiger partial charge in [-0.25, -0.2) is 13.1 Å². The molecule has 0 aromatic heterocycles. The van der Waals surface area contributed by atoms with E-state index in [9.17, 15) is 13.2 Å². The molecule has 0 radical (unpaired) electrons. The largest absolute Gasteiger partial charge is 0.487 e. The number of ether oxygens (including phenoxy) is 3. The highest BCUT2D eigenvalue weighted by atomic mass is 35.5. The first kappa shape index (κ1) is 32.6. The molecule has 3 aliphatic heterocycles. The fraction of sp³-hybridized carbons (Fsp3) is 0.618. The van der Waals surface area contributed by atoms with Crippen molar-refractivity contribution in [1.82, 2.24) is 4.72 Å². The highest BCUT2D eigenvalue weighted by Crippen LogP contribution is 2.49. The molecule has 4 aliphatic rings. The Hall–Kier alpha value is -2.37. The summed E-state index contributed by atoms with van der Waals surface area (Å²) in [6, 6.07) is 11.0. The van der Waals surface area contributed by atoms with Crippen molar-refractivity contribution in [1.29, 1.82) is 0 Å². The van der Waals surface area contributed by atoms with Crippen LogP contribution in [0.2, 0.25) is 5.02 Å². The van der Waals surface area contributed by atoms with Gasteiger partial charge in [0.2, 0.25) is 10.0 Å². The summed E-state index contributed by atoms with van der Waals surface area (Å²) in [5.41, 5.74) is 9.52.